The Balaban J connectivity index is 2.91. The van der Waals surface area contributed by atoms with Gasteiger partial charge in [0.15, 0.2) is 5.82 Å². The van der Waals surface area contributed by atoms with E-state index in [1.54, 1.807) is 6.92 Å². The SMILES string of the molecule is CCOC(CC)c1nc(C)nc(N)n1. The van der Waals surface area contributed by atoms with Gasteiger partial charge >= 0.3 is 0 Å². The van der Waals surface area contributed by atoms with E-state index >= 15 is 0 Å². The highest BCUT2D eigenvalue weighted by Crippen LogP contribution is 2.17. The van der Waals surface area contributed by atoms with Crippen LogP contribution in [0.3, 0.4) is 0 Å². The van der Waals surface area contributed by atoms with E-state index in [2.05, 4.69) is 15.0 Å². The maximum absolute atomic E-state index is 5.53. The van der Waals surface area contributed by atoms with E-state index in [1.807, 2.05) is 13.8 Å². The van der Waals surface area contributed by atoms with Crippen molar-refractivity contribution < 1.29 is 4.74 Å². The average Bonchev–Trinajstić information content (AvgIpc) is 2.12. The molecule has 1 rings (SSSR count). The summed E-state index contributed by atoms with van der Waals surface area (Å²) >= 11 is 0. The van der Waals surface area contributed by atoms with Crippen LogP contribution >= 0.6 is 0 Å². The number of aryl methyl sites for hydroxylation is 1. The first kappa shape index (κ1) is 10.8. The molecule has 0 aliphatic heterocycles. The summed E-state index contributed by atoms with van der Waals surface area (Å²) in [5.74, 6) is 1.51. The van der Waals surface area contributed by atoms with Crippen molar-refractivity contribution in [1.29, 1.82) is 0 Å². The first-order valence-corrected chi connectivity index (χ1v) is 4.77. The molecule has 0 amide bonds. The topological polar surface area (TPSA) is 73.9 Å². The lowest BCUT2D eigenvalue weighted by Gasteiger charge is -2.13. The number of rotatable bonds is 4. The molecule has 1 unspecified atom stereocenters. The van der Waals surface area contributed by atoms with Crippen LogP contribution in [0, 0.1) is 6.92 Å². The van der Waals surface area contributed by atoms with Gasteiger partial charge in [-0.15, -0.1) is 0 Å². The van der Waals surface area contributed by atoms with Crippen LogP contribution in [0.25, 0.3) is 0 Å². The zero-order valence-electron chi connectivity index (χ0n) is 8.82. The Morgan fingerprint density at radius 2 is 2.00 bits per heavy atom. The van der Waals surface area contributed by atoms with E-state index < -0.39 is 0 Å². The molecule has 0 bridgehead atoms. The van der Waals surface area contributed by atoms with Gasteiger partial charge < -0.3 is 10.5 Å². The molecule has 5 heteroatoms. The van der Waals surface area contributed by atoms with Crippen molar-refractivity contribution in [1.82, 2.24) is 15.0 Å². The number of nitrogens with two attached hydrogens (primary N) is 1. The molecule has 0 saturated carbocycles. The molecular formula is C9H16N4O. The third-order valence-electron chi connectivity index (χ3n) is 1.81. The standard InChI is InChI=1S/C9H16N4O/c1-4-7(14-5-2)8-11-6(3)12-9(10)13-8/h7H,4-5H2,1-3H3,(H2,10,11,12,13). The van der Waals surface area contributed by atoms with Gasteiger partial charge in [-0.1, -0.05) is 6.92 Å². The summed E-state index contributed by atoms with van der Waals surface area (Å²) in [4.78, 5) is 12.2. The quantitative estimate of drug-likeness (QED) is 0.784. The van der Waals surface area contributed by atoms with E-state index in [-0.39, 0.29) is 12.1 Å². The van der Waals surface area contributed by atoms with Gasteiger partial charge in [0, 0.05) is 6.61 Å². The van der Waals surface area contributed by atoms with Crippen molar-refractivity contribution in [2.75, 3.05) is 12.3 Å². The molecule has 2 N–H and O–H groups in total. The molecule has 0 aromatic carbocycles. The molecule has 0 fully saturated rings. The van der Waals surface area contributed by atoms with Crippen molar-refractivity contribution in [3.8, 4) is 0 Å². The van der Waals surface area contributed by atoms with Crippen LogP contribution in [0.2, 0.25) is 0 Å². The maximum atomic E-state index is 5.53. The highest BCUT2D eigenvalue weighted by molar-refractivity contribution is 5.16. The minimum atomic E-state index is -0.0796. The van der Waals surface area contributed by atoms with Crippen LogP contribution in [0.4, 0.5) is 5.95 Å². The van der Waals surface area contributed by atoms with Gasteiger partial charge in [-0.25, -0.2) is 4.98 Å². The fourth-order valence-corrected chi connectivity index (χ4v) is 1.24. The summed E-state index contributed by atoms with van der Waals surface area (Å²) in [6, 6.07) is 0. The fraction of sp³-hybridized carbons (Fsp3) is 0.667. The lowest BCUT2D eigenvalue weighted by atomic mass is 10.2. The van der Waals surface area contributed by atoms with Crippen molar-refractivity contribution in [2.45, 2.75) is 33.3 Å². The molecule has 0 aliphatic rings. The molecule has 0 saturated heterocycles. The van der Waals surface area contributed by atoms with Crippen molar-refractivity contribution in [2.24, 2.45) is 0 Å². The average molecular weight is 196 g/mol. The molecule has 0 spiro atoms. The zero-order chi connectivity index (χ0) is 10.6. The minimum absolute atomic E-state index is 0.0796. The Morgan fingerprint density at radius 3 is 2.50 bits per heavy atom. The Bertz CT molecular complexity index is 283. The van der Waals surface area contributed by atoms with Gasteiger partial charge in [-0.2, -0.15) is 9.97 Å². The van der Waals surface area contributed by atoms with Gasteiger partial charge in [-0.05, 0) is 20.3 Å². The maximum Gasteiger partial charge on any atom is 0.223 e. The first-order chi connectivity index (χ1) is 6.67. The van der Waals surface area contributed by atoms with E-state index in [4.69, 9.17) is 10.5 Å². The summed E-state index contributed by atoms with van der Waals surface area (Å²) in [5.41, 5.74) is 5.53. The van der Waals surface area contributed by atoms with Crippen LogP contribution in [0.5, 0.6) is 0 Å². The largest absolute Gasteiger partial charge is 0.371 e. The predicted molar refractivity (Wildman–Crippen MR) is 53.6 cm³/mol. The summed E-state index contributed by atoms with van der Waals surface area (Å²) < 4.78 is 5.48. The second-order valence-corrected chi connectivity index (χ2v) is 2.95. The number of hydrogen-bond donors (Lipinski definition) is 1. The molecular weight excluding hydrogens is 180 g/mol. The predicted octanol–water partition coefficient (Wildman–Crippen LogP) is 1.25. The van der Waals surface area contributed by atoms with E-state index in [1.165, 1.54) is 0 Å². The number of hydrogen-bond acceptors (Lipinski definition) is 5. The molecule has 0 aliphatic carbocycles. The Kier molecular flexibility index (Phi) is 3.76. The number of nitrogens with zero attached hydrogens (tertiary/aromatic N) is 3. The monoisotopic (exact) mass is 196 g/mol. The summed E-state index contributed by atoms with van der Waals surface area (Å²) in [7, 11) is 0. The smallest absolute Gasteiger partial charge is 0.223 e. The van der Waals surface area contributed by atoms with Gasteiger partial charge in [0.05, 0.1) is 0 Å². The van der Waals surface area contributed by atoms with Gasteiger partial charge in [-0.3, -0.25) is 0 Å². The van der Waals surface area contributed by atoms with Gasteiger partial charge in [0.2, 0.25) is 5.95 Å². The van der Waals surface area contributed by atoms with Crippen LogP contribution in [-0.2, 0) is 4.74 Å². The highest BCUT2D eigenvalue weighted by atomic mass is 16.5. The van der Waals surface area contributed by atoms with E-state index in [0.717, 1.165) is 6.42 Å². The third kappa shape index (κ3) is 2.63. The molecule has 0 radical (unpaired) electrons. The number of anilines is 1. The van der Waals surface area contributed by atoms with E-state index in [0.29, 0.717) is 18.3 Å². The molecule has 78 valence electrons. The molecule has 14 heavy (non-hydrogen) atoms. The number of nitrogen functional groups attached to an aromatic ring is 1. The minimum Gasteiger partial charge on any atom is -0.371 e. The molecule has 1 atom stereocenters. The summed E-state index contributed by atoms with van der Waals surface area (Å²) in [5, 5.41) is 0. The van der Waals surface area contributed by atoms with Crippen LogP contribution < -0.4 is 5.73 Å². The fourth-order valence-electron chi connectivity index (χ4n) is 1.24. The molecule has 5 nitrogen and oxygen atoms in total. The van der Waals surface area contributed by atoms with Crippen LogP contribution in [0.1, 0.15) is 38.0 Å². The first-order valence-electron chi connectivity index (χ1n) is 4.77. The number of ether oxygens (including phenoxy) is 1. The van der Waals surface area contributed by atoms with Gasteiger partial charge in [0.25, 0.3) is 0 Å². The normalized spacial score (nSPS) is 12.8. The van der Waals surface area contributed by atoms with Crippen molar-refractivity contribution in [3.63, 3.8) is 0 Å². The second kappa shape index (κ2) is 4.85. The van der Waals surface area contributed by atoms with Crippen molar-refractivity contribution >= 4 is 5.95 Å². The second-order valence-electron chi connectivity index (χ2n) is 2.95. The zero-order valence-corrected chi connectivity index (χ0v) is 8.82. The summed E-state index contributed by atoms with van der Waals surface area (Å²) in [6.07, 6.45) is 0.750. The van der Waals surface area contributed by atoms with Crippen molar-refractivity contribution in [3.05, 3.63) is 11.6 Å². The lowest BCUT2D eigenvalue weighted by Crippen LogP contribution is -2.11. The Morgan fingerprint density at radius 1 is 1.29 bits per heavy atom. The van der Waals surface area contributed by atoms with Crippen LogP contribution in [0.15, 0.2) is 0 Å². The number of aromatic nitrogens is 3. The molecule has 1 heterocycles. The third-order valence-corrected chi connectivity index (χ3v) is 1.81. The van der Waals surface area contributed by atoms with Gasteiger partial charge in [0.1, 0.15) is 11.9 Å². The lowest BCUT2D eigenvalue weighted by molar-refractivity contribution is 0.0533. The van der Waals surface area contributed by atoms with Crippen LogP contribution in [-0.4, -0.2) is 21.6 Å². The molecule has 1 aromatic rings. The highest BCUT2D eigenvalue weighted by Gasteiger charge is 2.13. The molecule has 1 aromatic heterocycles. The summed E-state index contributed by atoms with van der Waals surface area (Å²) in [6.45, 7) is 6.40. The van der Waals surface area contributed by atoms with E-state index in [9.17, 15) is 0 Å². The Labute approximate surface area is 83.7 Å². The Hall–Kier alpha value is -1.23.